The lowest BCUT2D eigenvalue weighted by Gasteiger charge is -2.06. The molecule has 0 bridgehead atoms. The van der Waals surface area contributed by atoms with Gasteiger partial charge in [-0.15, -0.1) is 0 Å². The van der Waals surface area contributed by atoms with Crippen molar-refractivity contribution in [3.63, 3.8) is 0 Å². The molecule has 0 N–H and O–H groups in total. The van der Waals surface area contributed by atoms with E-state index in [0.29, 0.717) is 6.04 Å². The molecule has 2 rings (SSSR count). The summed E-state index contributed by atoms with van der Waals surface area (Å²) in [6.45, 7) is 4.93. The van der Waals surface area contributed by atoms with E-state index in [1.165, 1.54) is 5.56 Å². The van der Waals surface area contributed by atoms with Gasteiger partial charge in [-0.25, -0.2) is 8.51 Å². The Labute approximate surface area is 87.5 Å². The molecule has 0 amide bonds. The summed E-state index contributed by atoms with van der Waals surface area (Å²) < 4.78 is 13.8. The lowest BCUT2D eigenvalue weighted by molar-refractivity contribution is 0.638. The molecule has 0 spiro atoms. The average Bonchev–Trinajstić information content (AvgIpc) is 2.97. The van der Waals surface area contributed by atoms with Gasteiger partial charge in [0.1, 0.15) is 0 Å². The number of nitrogens with zero attached hydrogens (tertiary/aromatic N) is 1. The number of hydrogen-bond acceptors (Lipinski definition) is 1. The van der Waals surface area contributed by atoms with Crippen molar-refractivity contribution in [2.24, 2.45) is 0 Å². The smallest absolute Gasteiger partial charge is 0.0975 e. The van der Waals surface area contributed by atoms with Gasteiger partial charge < -0.3 is 0 Å². The van der Waals surface area contributed by atoms with Gasteiger partial charge in [0.15, 0.2) is 0 Å². The maximum absolute atomic E-state index is 11.7. The Morgan fingerprint density at radius 3 is 2.57 bits per heavy atom. The molecule has 3 atom stereocenters. The fourth-order valence-corrected chi connectivity index (χ4v) is 2.74. The molecule has 0 radical (unpaired) electrons. The zero-order valence-corrected chi connectivity index (χ0v) is 9.33. The predicted molar refractivity (Wildman–Crippen MR) is 59.2 cm³/mol. The molecular weight excluding hydrogens is 194 g/mol. The van der Waals surface area contributed by atoms with Crippen molar-refractivity contribution in [1.29, 1.82) is 0 Å². The van der Waals surface area contributed by atoms with Gasteiger partial charge in [-0.3, -0.25) is 0 Å². The minimum absolute atomic E-state index is 0.226. The fraction of sp³-hybridized carbons (Fsp3) is 0.455. The van der Waals surface area contributed by atoms with Crippen LogP contribution < -0.4 is 0 Å². The first-order valence-corrected chi connectivity index (χ1v) is 6.09. The van der Waals surface area contributed by atoms with E-state index in [1.807, 2.05) is 36.4 Å². The van der Waals surface area contributed by atoms with Crippen LogP contribution in [0.3, 0.4) is 0 Å². The molecule has 2 nitrogen and oxygen atoms in total. The van der Waals surface area contributed by atoms with E-state index >= 15 is 0 Å². The molecule has 1 fully saturated rings. The van der Waals surface area contributed by atoms with Crippen LogP contribution in [0, 0.1) is 0 Å². The highest BCUT2D eigenvalue weighted by molar-refractivity contribution is 7.83. The SMILES string of the molecule is CC(C)[S@](=O)N1C[C@H]1c1ccccc1. The molecule has 14 heavy (non-hydrogen) atoms. The molecule has 1 saturated heterocycles. The number of rotatable bonds is 3. The molecule has 0 aliphatic carbocycles. The van der Waals surface area contributed by atoms with Gasteiger partial charge in [0.2, 0.25) is 0 Å². The van der Waals surface area contributed by atoms with Crippen LogP contribution in [0.5, 0.6) is 0 Å². The summed E-state index contributed by atoms with van der Waals surface area (Å²) in [6.07, 6.45) is 0. The van der Waals surface area contributed by atoms with E-state index in [2.05, 4.69) is 12.1 Å². The van der Waals surface area contributed by atoms with Crippen LogP contribution in [-0.4, -0.2) is 20.3 Å². The third-order valence-corrected chi connectivity index (χ3v) is 4.06. The molecular formula is C11H15NOS. The second kappa shape index (κ2) is 3.83. The molecule has 1 aliphatic heterocycles. The Morgan fingerprint density at radius 2 is 2.00 bits per heavy atom. The van der Waals surface area contributed by atoms with E-state index in [-0.39, 0.29) is 5.25 Å². The Bertz CT molecular complexity index is 336. The quantitative estimate of drug-likeness (QED) is 0.698. The summed E-state index contributed by atoms with van der Waals surface area (Å²) in [6, 6.07) is 10.7. The van der Waals surface area contributed by atoms with Gasteiger partial charge in [0.25, 0.3) is 0 Å². The zero-order valence-electron chi connectivity index (χ0n) is 8.51. The number of benzene rings is 1. The Morgan fingerprint density at radius 1 is 1.36 bits per heavy atom. The van der Waals surface area contributed by atoms with Crippen molar-refractivity contribution in [3.05, 3.63) is 35.9 Å². The molecule has 1 aromatic rings. The molecule has 1 unspecified atom stereocenters. The average molecular weight is 209 g/mol. The molecule has 1 aliphatic rings. The van der Waals surface area contributed by atoms with E-state index in [0.717, 1.165) is 6.54 Å². The van der Waals surface area contributed by atoms with Crippen LogP contribution in [0.25, 0.3) is 0 Å². The number of hydrogen-bond donors (Lipinski definition) is 0. The Kier molecular flexibility index (Phi) is 2.70. The van der Waals surface area contributed by atoms with E-state index in [9.17, 15) is 4.21 Å². The highest BCUT2D eigenvalue weighted by Gasteiger charge is 2.40. The third-order valence-electron chi connectivity index (χ3n) is 2.39. The maximum Gasteiger partial charge on any atom is 0.0975 e. The van der Waals surface area contributed by atoms with E-state index < -0.39 is 11.0 Å². The van der Waals surface area contributed by atoms with Crippen LogP contribution in [0.2, 0.25) is 0 Å². The monoisotopic (exact) mass is 209 g/mol. The molecule has 1 aromatic carbocycles. The highest BCUT2D eigenvalue weighted by Crippen LogP contribution is 2.36. The summed E-state index contributed by atoms with van der Waals surface area (Å²) in [5.41, 5.74) is 1.28. The predicted octanol–water partition coefficient (Wildman–Crippen LogP) is 2.12. The molecule has 76 valence electrons. The summed E-state index contributed by atoms with van der Waals surface area (Å²) in [7, 11) is -0.810. The highest BCUT2D eigenvalue weighted by atomic mass is 32.2. The summed E-state index contributed by atoms with van der Waals surface area (Å²) >= 11 is 0. The van der Waals surface area contributed by atoms with Crippen molar-refractivity contribution in [1.82, 2.24) is 4.31 Å². The van der Waals surface area contributed by atoms with Crippen LogP contribution >= 0.6 is 0 Å². The lowest BCUT2D eigenvalue weighted by Crippen LogP contribution is -2.14. The van der Waals surface area contributed by atoms with Gasteiger partial charge in [-0.1, -0.05) is 30.3 Å². The van der Waals surface area contributed by atoms with Crippen molar-refractivity contribution in [2.45, 2.75) is 25.1 Å². The normalized spacial score (nSPS) is 27.6. The second-order valence-electron chi connectivity index (χ2n) is 3.85. The van der Waals surface area contributed by atoms with Crippen molar-refractivity contribution in [3.8, 4) is 0 Å². The van der Waals surface area contributed by atoms with Crippen molar-refractivity contribution in [2.75, 3.05) is 6.54 Å². The standard InChI is InChI=1S/C11H15NOS/c1-9(2)14(13)12-8-11(12)10-6-4-3-5-7-10/h3-7,9,11H,8H2,1-2H3/t11-,12?,14-/m0/s1. The van der Waals surface area contributed by atoms with E-state index in [1.54, 1.807) is 0 Å². The molecule has 0 saturated carbocycles. The van der Waals surface area contributed by atoms with Crippen LogP contribution in [0.4, 0.5) is 0 Å². The Balaban J connectivity index is 2.03. The third kappa shape index (κ3) is 1.88. The maximum atomic E-state index is 11.7. The fourth-order valence-electron chi connectivity index (χ4n) is 1.54. The topological polar surface area (TPSA) is 20.1 Å². The van der Waals surface area contributed by atoms with Crippen molar-refractivity contribution < 1.29 is 4.21 Å². The minimum Gasteiger partial charge on any atom is -0.242 e. The molecule has 3 heteroatoms. The largest absolute Gasteiger partial charge is 0.242 e. The minimum atomic E-state index is -0.810. The first-order valence-electron chi connectivity index (χ1n) is 4.92. The summed E-state index contributed by atoms with van der Waals surface area (Å²) in [5, 5.41) is 0.226. The van der Waals surface area contributed by atoms with E-state index in [4.69, 9.17) is 0 Å². The van der Waals surface area contributed by atoms with Gasteiger partial charge in [-0.05, 0) is 19.4 Å². The zero-order chi connectivity index (χ0) is 10.1. The first-order chi connectivity index (χ1) is 6.70. The van der Waals surface area contributed by atoms with Crippen LogP contribution in [0.1, 0.15) is 25.5 Å². The molecule has 0 aromatic heterocycles. The molecule has 1 heterocycles. The van der Waals surface area contributed by atoms with Crippen molar-refractivity contribution >= 4 is 11.0 Å². The Hall–Kier alpha value is -0.670. The van der Waals surface area contributed by atoms with Gasteiger partial charge in [0, 0.05) is 11.8 Å². The lowest BCUT2D eigenvalue weighted by atomic mass is 10.2. The van der Waals surface area contributed by atoms with Crippen LogP contribution in [-0.2, 0) is 11.0 Å². The van der Waals surface area contributed by atoms with Gasteiger partial charge in [0.05, 0.1) is 17.0 Å². The van der Waals surface area contributed by atoms with Gasteiger partial charge in [-0.2, -0.15) is 0 Å². The summed E-state index contributed by atoms with van der Waals surface area (Å²) in [4.78, 5) is 0. The van der Waals surface area contributed by atoms with Gasteiger partial charge >= 0.3 is 0 Å². The second-order valence-corrected chi connectivity index (χ2v) is 5.82. The summed E-state index contributed by atoms with van der Waals surface area (Å²) in [5.74, 6) is 0. The van der Waals surface area contributed by atoms with Crippen LogP contribution in [0.15, 0.2) is 30.3 Å². The first kappa shape index (κ1) is 9.87.